The minimum atomic E-state index is -1.45. The number of imide groups is 1. The van der Waals surface area contributed by atoms with Crippen LogP contribution in [0.1, 0.15) is 23.1 Å². The van der Waals surface area contributed by atoms with Gasteiger partial charge in [-0.3, -0.25) is 29.4 Å². The summed E-state index contributed by atoms with van der Waals surface area (Å²) in [5, 5.41) is 6.05. The first kappa shape index (κ1) is 23.8. The molecule has 4 atom stereocenters. The van der Waals surface area contributed by atoms with E-state index in [4.69, 9.17) is 15.2 Å². The Morgan fingerprint density at radius 3 is 2.50 bits per heavy atom. The molecule has 0 saturated carbocycles. The van der Waals surface area contributed by atoms with E-state index in [2.05, 4.69) is 10.6 Å². The number of amides is 4. The number of ether oxygens (including phenoxy) is 2. The van der Waals surface area contributed by atoms with Crippen LogP contribution in [0.25, 0.3) is 0 Å². The molecular weight excluding hydrogens is 464 g/mol. The van der Waals surface area contributed by atoms with E-state index in [1.54, 1.807) is 25.3 Å². The van der Waals surface area contributed by atoms with Gasteiger partial charge in [0.15, 0.2) is 11.5 Å². The molecule has 2 aromatic carbocycles. The van der Waals surface area contributed by atoms with Crippen molar-refractivity contribution in [1.82, 2.24) is 10.2 Å². The molecule has 3 heterocycles. The van der Waals surface area contributed by atoms with Gasteiger partial charge in [0.25, 0.3) is 0 Å². The van der Waals surface area contributed by atoms with Gasteiger partial charge in [-0.25, -0.2) is 0 Å². The summed E-state index contributed by atoms with van der Waals surface area (Å²) in [6.45, 7) is 2.02. The molecule has 0 radical (unpaired) electrons. The smallest absolute Gasteiger partial charge is 0.250 e. The third kappa shape index (κ3) is 3.43. The monoisotopic (exact) mass is 492 g/mol. The lowest BCUT2D eigenvalue weighted by Crippen LogP contribution is -2.53. The first-order chi connectivity index (χ1) is 17.2. The zero-order valence-corrected chi connectivity index (χ0v) is 20.3. The molecule has 0 bridgehead atoms. The van der Waals surface area contributed by atoms with Crippen molar-refractivity contribution < 1.29 is 28.7 Å². The molecular formula is C26H28N4O6. The number of aryl methyl sites for hydroxylation is 1. The second kappa shape index (κ2) is 8.63. The van der Waals surface area contributed by atoms with Gasteiger partial charge in [0, 0.05) is 30.3 Å². The number of likely N-dealkylation sites (tertiary alicyclic amines) is 1. The quantitative estimate of drug-likeness (QED) is 0.487. The number of nitrogens with zero attached hydrogens (tertiary/aromatic N) is 1. The van der Waals surface area contributed by atoms with Crippen molar-refractivity contribution in [2.45, 2.75) is 31.3 Å². The number of nitrogens with two attached hydrogens (primary N) is 1. The van der Waals surface area contributed by atoms with Crippen LogP contribution >= 0.6 is 0 Å². The van der Waals surface area contributed by atoms with Gasteiger partial charge in [-0.15, -0.1) is 0 Å². The molecule has 4 N–H and O–H groups in total. The van der Waals surface area contributed by atoms with E-state index in [0.717, 1.165) is 11.1 Å². The van der Waals surface area contributed by atoms with Gasteiger partial charge in [-0.2, -0.15) is 0 Å². The number of anilines is 1. The minimum absolute atomic E-state index is 0.127. The number of methoxy groups -OCH3 is 2. The highest BCUT2D eigenvalue weighted by molar-refractivity contribution is 6.15. The summed E-state index contributed by atoms with van der Waals surface area (Å²) in [7, 11) is 3.08. The lowest BCUT2D eigenvalue weighted by atomic mass is 9.76. The van der Waals surface area contributed by atoms with E-state index in [1.807, 2.05) is 25.1 Å². The Morgan fingerprint density at radius 1 is 1.06 bits per heavy atom. The zero-order chi connectivity index (χ0) is 25.8. The summed E-state index contributed by atoms with van der Waals surface area (Å²) in [5.74, 6) is -2.61. The van der Waals surface area contributed by atoms with Crippen LogP contribution in [-0.2, 0) is 31.1 Å². The molecule has 2 fully saturated rings. The van der Waals surface area contributed by atoms with Gasteiger partial charge in [-0.05, 0) is 37.1 Å². The maximum atomic E-state index is 13.8. The lowest BCUT2D eigenvalue weighted by Gasteiger charge is -2.29. The average molecular weight is 493 g/mol. The summed E-state index contributed by atoms with van der Waals surface area (Å²) < 4.78 is 10.6. The highest BCUT2D eigenvalue weighted by Gasteiger charge is 2.70. The molecule has 3 aliphatic rings. The highest BCUT2D eigenvalue weighted by Crippen LogP contribution is 2.53. The third-order valence-electron chi connectivity index (χ3n) is 7.45. The number of nitrogens with one attached hydrogen (secondary N) is 2. The van der Waals surface area contributed by atoms with Crippen LogP contribution in [0.5, 0.6) is 11.5 Å². The van der Waals surface area contributed by atoms with E-state index in [1.165, 1.54) is 12.0 Å². The number of hydrogen-bond acceptors (Lipinski definition) is 7. The maximum Gasteiger partial charge on any atom is 0.250 e. The normalized spacial score (nSPS) is 26.2. The van der Waals surface area contributed by atoms with Crippen molar-refractivity contribution in [3.05, 3.63) is 53.1 Å². The van der Waals surface area contributed by atoms with Crippen LogP contribution in [0, 0.1) is 18.8 Å². The number of benzene rings is 2. The van der Waals surface area contributed by atoms with Gasteiger partial charge in [0.05, 0.1) is 26.1 Å². The Labute approximate surface area is 208 Å². The van der Waals surface area contributed by atoms with E-state index in [0.29, 0.717) is 29.2 Å². The zero-order valence-electron chi connectivity index (χ0n) is 20.3. The van der Waals surface area contributed by atoms with Crippen LogP contribution in [0.2, 0.25) is 0 Å². The lowest BCUT2D eigenvalue weighted by molar-refractivity contribution is -0.142. The fourth-order valence-electron chi connectivity index (χ4n) is 5.86. The first-order valence-corrected chi connectivity index (χ1v) is 11.8. The fourth-order valence-corrected chi connectivity index (χ4v) is 5.86. The molecule has 0 aliphatic carbocycles. The number of carbonyl (C=O) groups is 4. The van der Waals surface area contributed by atoms with Crippen molar-refractivity contribution in [2.75, 3.05) is 26.1 Å². The fraction of sp³-hybridized carbons (Fsp3) is 0.385. The number of primary amides is 1. The summed E-state index contributed by atoms with van der Waals surface area (Å²) >= 11 is 0. The van der Waals surface area contributed by atoms with Gasteiger partial charge < -0.3 is 20.5 Å². The molecule has 2 aromatic rings. The first-order valence-electron chi connectivity index (χ1n) is 11.8. The Hall–Kier alpha value is -3.92. The Balaban J connectivity index is 1.49. The molecule has 10 nitrogen and oxygen atoms in total. The minimum Gasteiger partial charge on any atom is -0.493 e. The molecule has 10 heteroatoms. The summed E-state index contributed by atoms with van der Waals surface area (Å²) in [6.07, 6.45) is 0.222. The van der Waals surface area contributed by atoms with E-state index in [-0.39, 0.29) is 13.0 Å². The maximum absolute atomic E-state index is 13.8. The number of fused-ring (bicyclic) bond motifs is 4. The molecule has 0 aromatic heterocycles. The van der Waals surface area contributed by atoms with Crippen molar-refractivity contribution in [3.8, 4) is 11.5 Å². The Kier molecular flexibility index (Phi) is 5.71. The van der Waals surface area contributed by atoms with Gasteiger partial charge >= 0.3 is 0 Å². The molecule has 3 aliphatic heterocycles. The van der Waals surface area contributed by atoms with E-state index >= 15 is 0 Å². The largest absolute Gasteiger partial charge is 0.493 e. The standard InChI is InChI=1S/C26H28N4O6/c1-13-4-6-16-15(10-13)26(25(34)28-16)22-21(17(29-26)12-20(27)31)23(32)30(24(22)33)9-8-14-5-7-18(35-2)19(11-14)36-3/h4-7,10-11,17,21-22,29H,8-9,12H2,1-3H3,(H2,27,31)(H,28,34)/t17-,21-,22+,26+/m1/s1. The van der Waals surface area contributed by atoms with Crippen LogP contribution in [0.3, 0.4) is 0 Å². The molecule has 4 amide bonds. The second-order valence-electron chi connectivity index (χ2n) is 9.50. The van der Waals surface area contributed by atoms with Crippen molar-refractivity contribution >= 4 is 29.3 Å². The SMILES string of the molecule is COc1ccc(CCN2C(=O)[C@H]3[C@@H](C2=O)[C@]2(N[C@@H]3CC(N)=O)C(=O)Nc3ccc(C)cc32)cc1OC. The molecule has 0 unspecified atom stereocenters. The van der Waals surface area contributed by atoms with Crippen molar-refractivity contribution in [3.63, 3.8) is 0 Å². The third-order valence-corrected chi connectivity index (χ3v) is 7.45. The predicted molar refractivity (Wildman–Crippen MR) is 129 cm³/mol. The van der Waals surface area contributed by atoms with Gasteiger partial charge in [0.1, 0.15) is 5.54 Å². The molecule has 1 spiro atoms. The molecule has 5 rings (SSSR count). The highest BCUT2D eigenvalue weighted by atomic mass is 16.5. The predicted octanol–water partition coefficient (Wildman–Crippen LogP) is 0.851. The van der Waals surface area contributed by atoms with Crippen molar-refractivity contribution in [2.24, 2.45) is 17.6 Å². The van der Waals surface area contributed by atoms with Crippen LogP contribution in [-0.4, -0.2) is 55.3 Å². The molecule has 36 heavy (non-hydrogen) atoms. The molecule has 188 valence electrons. The molecule has 2 saturated heterocycles. The van der Waals surface area contributed by atoms with Crippen LogP contribution in [0.4, 0.5) is 5.69 Å². The Morgan fingerprint density at radius 2 is 1.81 bits per heavy atom. The average Bonchev–Trinajstić information content (AvgIpc) is 3.41. The van der Waals surface area contributed by atoms with Crippen LogP contribution in [0.15, 0.2) is 36.4 Å². The van der Waals surface area contributed by atoms with E-state index in [9.17, 15) is 19.2 Å². The summed E-state index contributed by atoms with van der Waals surface area (Å²) in [4.78, 5) is 53.9. The number of rotatable bonds is 7. The van der Waals surface area contributed by atoms with Crippen molar-refractivity contribution in [1.29, 1.82) is 0 Å². The van der Waals surface area contributed by atoms with Gasteiger partial charge in [0.2, 0.25) is 23.6 Å². The topological polar surface area (TPSA) is 140 Å². The van der Waals surface area contributed by atoms with E-state index < -0.39 is 47.0 Å². The summed E-state index contributed by atoms with van der Waals surface area (Å²) in [5.41, 5.74) is 6.99. The van der Waals surface area contributed by atoms with Gasteiger partial charge in [-0.1, -0.05) is 23.8 Å². The number of carbonyl (C=O) groups excluding carboxylic acids is 4. The number of hydrogen-bond donors (Lipinski definition) is 3. The summed E-state index contributed by atoms with van der Waals surface area (Å²) in [6, 6.07) is 10.2. The second-order valence-corrected chi connectivity index (χ2v) is 9.50. The van der Waals surface area contributed by atoms with Crippen LogP contribution < -0.4 is 25.8 Å². The Bertz CT molecular complexity index is 1290.